The lowest BCUT2D eigenvalue weighted by Gasteiger charge is -2.27. The minimum atomic E-state index is 0.160. The Morgan fingerprint density at radius 1 is 1.05 bits per heavy atom. The van der Waals surface area contributed by atoms with Crippen LogP contribution in [0.25, 0.3) is 0 Å². The van der Waals surface area contributed by atoms with Gasteiger partial charge in [0.05, 0.1) is 0 Å². The van der Waals surface area contributed by atoms with Crippen LogP contribution < -0.4 is 4.90 Å². The lowest BCUT2D eigenvalue weighted by atomic mass is 10.1. The lowest BCUT2D eigenvalue weighted by molar-refractivity contribution is 0.0718. The molecule has 1 aromatic carbocycles. The Hall–Kier alpha value is -1.51. The molecule has 0 radical (unpaired) electrons. The Balaban J connectivity index is 2.04. The van der Waals surface area contributed by atoms with E-state index in [0.29, 0.717) is 6.04 Å². The summed E-state index contributed by atoms with van der Waals surface area (Å²) in [6.07, 6.45) is 7.44. The van der Waals surface area contributed by atoms with Crippen molar-refractivity contribution in [2.24, 2.45) is 0 Å². The summed E-state index contributed by atoms with van der Waals surface area (Å²) in [6.45, 7) is 3.09. The zero-order valence-corrected chi connectivity index (χ0v) is 13.6. The van der Waals surface area contributed by atoms with Crippen LogP contribution in [0.15, 0.2) is 24.3 Å². The minimum absolute atomic E-state index is 0.160. The molecule has 1 aliphatic rings. The number of rotatable bonds is 4. The molecule has 0 aromatic heterocycles. The van der Waals surface area contributed by atoms with Crippen LogP contribution in [0, 0.1) is 0 Å². The van der Waals surface area contributed by atoms with Crippen molar-refractivity contribution in [3.63, 3.8) is 0 Å². The van der Waals surface area contributed by atoms with Gasteiger partial charge in [-0.1, -0.05) is 25.7 Å². The zero-order chi connectivity index (χ0) is 15.2. The van der Waals surface area contributed by atoms with Crippen molar-refractivity contribution in [1.29, 1.82) is 0 Å². The molecule has 0 heterocycles. The minimum Gasteiger partial charge on any atom is -0.375 e. The van der Waals surface area contributed by atoms with Gasteiger partial charge in [0, 0.05) is 37.9 Å². The average molecular weight is 288 g/mol. The van der Waals surface area contributed by atoms with E-state index in [1.54, 1.807) is 0 Å². The maximum Gasteiger partial charge on any atom is 0.253 e. The molecule has 0 N–H and O–H groups in total. The van der Waals surface area contributed by atoms with Crippen LogP contribution in [-0.4, -0.2) is 37.5 Å². The molecule has 116 valence electrons. The number of hydrogen-bond donors (Lipinski definition) is 0. The fraction of sp³-hybridized carbons (Fsp3) is 0.611. The van der Waals surface area contributed by atoms with Crippen molar-refractivity contribution in [2.45, 2.75) is 51.5 Å². The summed E-state index contributed by atoms with van der Waals surface area (Å²) < 4.78 is 0. The normalized spacial score (nSPS) is 16.3. The molecule has 0 saturated heterocycles. The molecule has 21 heavy (non-hydrogen) atoms. The van der Waals surface area contributed by atoms with Gasteiger partial charge in [0.1, 0.15) is 0 Å². The van der Waals surface area contributed by atoms with E-state index >= 15 is 0 Å². The second-order valence-corrected chi connectivity index (χ2v) is 6.12. The van der Waals surface area contributed by atoms with Crippen molar-refractivity contribution >= 4 is 11.6 Å². The second kappa shape index (κ2) is 7.48. The summed E-state index contributed by atoms with van der Waals surface area (Å²) in [5.41, 5.74) is 1.96. The molecule has 0 aliphatic heterocycles. The molecule has 1 saturated carbocycles. The van der Waals surface area contributed by atoms with E-state index in [0.717, 1.165) is 30.6 Å². The van der Waals surface area contributed by atoms with E-state index in [4.69, 9.17) is 0 Å². The summed E-state index contributed by atoms with van der Waals surface area (Å²) in [6, 6.07) is 8.40. The van der Waals surface area contributed by atoms with Crippen molar-refractivity contribution in [3.8, 4) is 0 Å². The van der Waals surface area contributed by atoms with E-state index in [9.17, 15) is 4.79 Å². The smallest absolute Gasteiger partial charge is 0.253 e. The van der Waals surface area contributed by atoms with Crippen LogP contribution in [0.1, 0.15) is 55.8 Å². The van der Waals surface area contributed by atoms with Gasteiger partial charge in [-0.3, -0.25) is 4.79 Å². The molecule has 0 bridgehead atoms. The largest absolute Gasteiger partial charge is 0.375 e. The third-order valence-corrected chi connectivity index (χ3v) is 4.72. The first kappa shape index (κ1) is 15.9. The zero-order valence-electron chi connectivity index (χ0n) is 13.6. The molecule has 1 aromatic rings. The fourth-order valence-corrected chi connectivity index (χ4v) is 3.06. The first-order valence-corrected chi connectivity index (χ1v) is 8.22. The number of carbonyl (C=O) groups is 1. The summed E-state index contributed by atoms with van der Waals surface area (Å²) in [4.78, 5) is 16.8. The fourth-order valence-electron chi connectivity index (χ4n) is 3.06. The molecule has 0 spiro atoms. The van der Waals surface area contributed by atoms with Crippen LogP contribution in [-0.2, 0) is 0 Å². The van der Waals surface area contributed by atoms with E-state index in [-0.39, 0.29) is 5.91 Å². The van der Waals surface area contributed by atoms with Gasteiger partial charge >= 0.3 is 0 Å². The van der Waals surface area contributed by atoms with Gasteiger partial charge in [0.25, 0.3) is 5.91 Å². The van der Waals surface area contributed by atoms with Gasteiger partial charge in [-0.2, -0.15) is 0 Å². The average Bonchev–Trinajstić information content (AvgIpc) is 2.82. The van der Waals surface area contributed by atoms with Gasteiger partial charge in [0.2, 0.25) is 0 Å². The van der Waals surface area contributed by atoms with E-state index in [2.05, 4.69) is 18.9 Å². The summed E-state index contributed by atoms with van der Waals surface area (Å²) in [7, 11) is 4.03. The summed E-state index contributed by atoms with van der Waals surface area (Å²) in [5.74, 6) is 0.160. The molecule has 0 atom stereocenters. The number of amides is 1. The second-order valence-electron chi connectivity index (χ2n) is 6.12. The number of nitrogens with zero attached hydrogens (tertiary/aromatic N) is 2. The van der Waals surface area contributed by atoms with Crippen molar-refractivity contribution in [2.75, 3.05) is 25.5 Å². The first-order chi connectivity index (χ1) is 10.1. The molecule has 1 amide bonds. The third kappa shape index (κ3) is 3.99. The molecule has 0 unspecified atom stereocenters. The molecule has 1 fully saturated rings. The number of anilines is 1. The Labute approximate surface area is 128 Å². The number of carbonyl (C=O) groups excluding carboxylic acids is 1. The topological polar surface area (TPSA) is 23.6 Å². The van der Waals surface area contributed by atoms with Gasteiger partial charge in [-0.05, 0) is 44.0 Å². The van der Waals surface area contributed by atoms with Crippen LogP contribution >= 0.6 is 0 Å². The summed E-state index contributed by atoms with van der Waals surface area (Å²) in [5, 5.41) is 0. The SMILES string of the molecule is CCN(C)c1ccc(C(=O)N(C)C2CCCCCC2)cc1. The molecular formula is C18H28N2O. The van der Waals surface area contributed by atoms with Crippen LogP contribution in [0.4, 0.5) is 5.69 Å². The van der Waals surface area contributed by atoms with Crippen LogP contribution in [0.2, 0.25) is 0 Å². The molecule has 1 aliphatic carbocycles. The molecule has 2 rings (SSSR count). The molecular weight excluding hydrogens is 260 g/mol. The monoisotopic (exact) mass is 288 g/mol. The Bertz CT molecular complexity index is 447. The van der Waals surface area contributed by atoms with Gasteiger partial charge in [0.15, 0.2) is 0 Å². The Morgan fingerprint density at radius 3 is 2.14 bits per heavy atom. The molecule has 3 nitrogen and oxygen atoms in total. The lowest BCUT2D eigenvalue weighted by Crippen LogP contribution is -2.36. The van der Waals surface area contributed by atoms with Gasteiger partial charge < -0.3 is 9.80 Å². The van der Waals surface area contributed by atoms with Crippen molar-refractivity contribution in [3.05, 3.63) is 29.8 Å². The maximum absolute atomic E-state index is 12.6. The highest BCUT2D eigenvalue weighted by Gasteiger charge is 2.22. The van der Waals surface area contributed by atoms with Gasteiger partial charge in [-0.25, -0.2) is 0 Å². The predicted molar refractivity (Wildman–Crippen MR) is 89.0 cm³/mol. The summed E-state index contributed by atoms with van der Waals surface area (Å²) >= 11 is 0. The first-order valence-electron chi connectivity index (χ1n) is 8.22. The highest BCUT2D eigenvalue weighted by atomic mass is 16.2. The maximum atomic E-state index is 12.6. The van der Waals surface area contributed by atoms with Crippen LogP contribution in [0.5, 0.6) is 0 Å². The third-order valence-electron chi connectivity index (χ3n) is 4.72. The van der Waals surface area contributed by atoms with E-state index in [1.807, 2.05) is 36.2 Å². The van der Waals surface area contributed by atoms with Crippen LogP contribution in [0.3, 0.4) is 0 Å². The van der Waals surface area contributed by atoms with Crippen molar-refractivity contribution < 1.29 is 4.79 Å². The standard InChI is InChI=1S/C18H28N2O/c1-4-19(2)16-13-11-15(12-14-16)18(21)20(3)17-9-7-5-6-8-10-17/h11-14,17H,4-10H2,1-3H3. The highest BCUT2D eigenvalue weighted by molar-refractivity contribution is 5.94. The highest BCUT2D eigenvalue weighted by Crippen LogP contribution is 2.23. The Morgan fingerprint density at radius 2 is 1.62 bits per heavy atom. The number of benzene rings is 1. The number of hydrogen-bond acceptors (Lipinski definition) is 2. The van der Waals surface area contributed by atoms with Crippen molar-refractivity contribution in [1.82, 2.24) is 4.90 Å². The van der Waals surface area contributed by atoms with Gasteiger partial charge in [-0.15, -0.1) is 0 Å². The molecule has 3 heteroatoms. The van der Waals surface area contributed by atoms with E-state index < -0.39 is 0 Å². The predicted octanol–water partition coefficient (Wildman–Crippen LogP) is 3.94. The Kier molecular flexibility index (Phi) is 5.66. The van der Waals surface area contributed by atoms with E-state index in [1.165, 1.54) is 25.7 Å². The quantitative estimate of drug-likeness (QED) is 0.784.